The lowest BCUT2D eigenvalue weighted by molar-refractivity contribution is -0.143. The number of methoxy groups -OCH3 is 1. The Labute approximate surface area is 161 Å². The van der Waals surface area contributed by atoms with Crippen molar-refractivity contribution >= 4 is 23.5 Å². The highest BCUT2D eigenvalue weighted by atomic mass is 35.5. The molecule has 0 radical (unpaired) electrons. The summed E-state index contributed by atoms with van der Waals surface area (Å²) in [5, 5.41) is 0.401. The van der Waals surface area contributed by atoms with Gasteiger partial charge in [0.25, 0.3) is 0 Å². The number of fused-ring (bicyclic) bond motifs is 1. The van der Waals surface area contributed by atoms with Crippen molar-refractivity contribution in [3.05, 3.63) is 58.6 Å². The van der Waals surface area contributed by atoms with Crippen LogP contribution in [0.1, 0.15) is 31.1 Å². The maximum absolute atomic E-state index is 12.3. The number of benzene rings is 2. The Hall–Kier alpha value is -2.73. The number of ether oxygens (including phenoxy) is 4. The molecule has 0 saturated carbocycles. The fourth-order valence-corrected chi connectivity index (χ4v) is 3.40. The van der Waals surface area contributed by atoms with E-state index in [0.29, 0.717) is 28.0 Å². The third-order valence-electron chi connectivity index (χ3n) is 4.33. The number of halogens is 1. The minimum Gasteiger partial charge on any atom is -0.467 e. The fraction of sp³-hybridized carbons (Fsp3) is 0.300. The normalized spacial score (nSPS) is 22.1. The van der Waals surface area contributed by atoms with E-state index in [2.05, 4.69) is 4.99 Å². The fourth-order valence-electron chi connectivity index (χ4n) is 3.14. The molecule has 2 aromatic rings. The van der Waals surface area contributed by atoms with E-state index in [9.17, 15) is 4.79 Å². The Bertz CT molecular complexity index is 925. The second-order valence-corrected chi connectivity index (χ2v) is 7.14. The summed E-state index contributed by atoms with van der Waals surface area (Å²) in [6.45, 7) is 3.61. The van der Waals surface area contributed by atoms with Crippen molar-refractivity contribution in [1.29, 1.82) is 0 Å². The van der Waals surface area contributed by atoms with Crippen molar-refractivity contribution < 1.29 is 23.7 Å². The molecule has 27 heavy (non-hydrogen) atoms. The number of aliphatic imine (C=N–C) groups is 1. The number of hydrogen-bond acceptors (Lipinski definition) is 6. The predicted molar refractivity (Wildman–Crippen MR) is 99.4 cm³/mol. The summed E-state index contributed by atoms with van der Waals surface area (Å²) in [4.78, 5) is 16.8. The summed E-state index contributed by atoms with van der Waals surface area (Å²) in [5.41, 5.74) is 1.36. The van der Waals surface area contributed by atoms with E-state index >= 15 is 0 Å². The van der Waals surface area contributed by atoms with Crippen LogP contribution in [0.2, 0.25) is 5.02 Å². The smallest absolute Gasteiger partial charge is 0.335 e. The lowest BCUT2D eigenvalue weighted by Gasteiger charge is -2.18. The molecular formula is C20H18ClNO5. The van der Waals surface area contributed by atoms with Gasteiger partial charge in [-0.05, 0) is 18.2 Å². The van der Waals surface area contributed by atoms with Gasteiger partial charge in [0.1, 0.15) is 0 Å². The van der Waals surface area contributed by atoms with Gasteiger partial charge in [0.2, 0.25) is 11.7 Å². The number of rotatable bonds is 3. The van der Waals surface area contributed by atoms with Crippen LogP contribution in [0.4, 0.5) is 0 Å². The van der Waals surface area contributed by atoms with Crippen LogP contribution in [0.25, 0.3) is 0 Å². The molecule has 140 valence electrons. The first-order chi connectivity index (χ1) is 12.9. The molecule has 0 bridgehead atoms. The van der Waals surface area contributed by atoms with Crippen LogP contribution in [0.3, 0.4) is 0 Å². The molecule has 2 aromatic carbocycles. The summed E-state index contributed by atoms with van der Waals surface area (Å²) in [6.07, 6.45) is -0.724. The van der Waals surface area contributed by atoms with Crippen LogP contribution in [0.15, 0.2) is 47.5 Å². The molecule has 0 unspecified atom stereocenters. The topological polar surface area (TPSA) is 66.4 Å². The maximum Gasteiger partial charge on any atom is 0.335 e. The molecule has 2 aliphatic heterocycles. The lowest BCUT2D eigenvalue weighted by Crippen LogP contribution is -2.29. The summed E-state index contributed by atoms with van der Waals surface area (Å²) in [6, 6.07) is 11.9. The minimum absolute atomic E-state index is 0.366. The van der Waals surface area contributed by atoms with Crippen molar-refractivity contribution in [3.8, 4) is 11.5 Å². The van der Waals surface area contributed by atoms with Crippen LogP contribution < -0.4 is 9.47 Å². The molecule has 2 atom stereocenters. The van der Waals surface area contributed by atoms with Gasteiger partial charge in [-0.1, -0.05) is 29.8 Å². The molecule has 0 aromatic heterocycles. The number of esters is 1. The molecule has 2 heterocycles. The third kappa shape index (κ3) is 3.21. The molecular weight excluding hydrogens is 370 g/mol. The van der Waals surface area contributed by atoms with Crippen molar-refractivity contribution in [2.24, 2.45) is 4.99 Å². The quantitative estimate of drug-likeness (QED) is 0.747. The van der Waals surface area contributed by atoms with E-state index in [-0.39, 0.29) is 0 Å². The number of nitrogens with zero attached hydrogens (tertiary/aromatic N) is 1. The van der Waals surface area contributed by atoms with Crippen molar-refractivity contribution in [1.82, 2.24) is 0 Å². The Kier molecular flexibility index (Phi) is 4.23. The molecule has 0 fully saturated rings. The maximum atomic E-state index is 12.3. The first kappa shape index (κ1) is 17.7. The van der Waals surface area contributed by atoms with E-state index < -0.39 is 23.9 Å². The summed E-state index contributed by atoms with van der Waals surface area (Å²) >= 11 is 6.47. The summed E-state index contributed by atoms with van der Waals surface area (Å²) < 4.78 is 22.4. The number of carbonyl (C=O) groups is 1. The largest absolute Gasteiger partial charge is 0.467 e. The van der Waals surface area contributed by atoms with Gasteiger partial charge < -0.3 is 18.9 Å². The third-order valence-corrected chi connectivity index (χ3v) is 4.65. The van der Waals surface area contributed by atoms with Gasteiger partial charge >= 0.3 is 5.97 Å². The van der Waals surface area contributed by atoms with Crippen LogP contribution in [-0.4, -0.2) is 30.8 Å². The van der Waals surface area contributed by atoms with E-state index in [4.69, 9.17) is 30.5 Å². The van der Waals surface area contributed by atoms with Gasteiger partial charge in [0.15, 0.2) is 23.6 Å². The standard InChI is InChI=1S/C20H18ClNO5/c1-20(2)26-14-9-12(13(21)10-15(14)27-20)17-16(19(23)24-3)22-18(25-17)11-7-5-4-6-8-11/h4-10,16-17H,1-3H3/t16-,17+/m0/s1. The summed E-state index contributed by atoms with van der Waals surface area (Å²) in [7, 11) is 1.32. The van der Waals surface area contributed by atoms with Crippen LogP contribution in [0, 0.1) is 0 Å². The zero-order valence-corrected chi connectivity index (χ0v) is 15.8. The Morgan fingerprint density at radius 1 is 1.15 bits per heavy atom. The zero-order chi connectivity index (χ0) is 19.2. The molecule has 0 amide bonds. The lowest BCUT2D eigenvalue weighted by atomic mass is 10.0. The van der Waals surface area contributed by atoms with Gasteiger partial charge in [0, 0.05) is 31.0 Å². The van der Waals surface area contributed by atoms with E-state index in [0.717, 1.165) is 5.56 Å². The Balaban J connectivity index is 1.72. The molecule has 0 saturated heterocycles. The van der Waals surface area contributed by atoms with Gasteiger partial charge in [0.05, 0.1) is 12.1 Å². The second kappa shape index (κ2) is 6.46. The molecule has 6 nitrogen and oxygen atoms in total. The average Bonchev–Trinajstić information content (AvgIpc) is 3.20. The first-order valence-electron chi connectivity index (χ1n) is 8.47. The highest BCUT2D eigenvalue weighted by Crippen LogP contribution is 2.46. The molecule has 0 spiro atoms. The van der Waals surface area contributed by atoms with Gasteiger partial charge in [-0.15, -0.1) is 0 Å². The zero-order valence-electron chi connectivity index (χ0n) is 15.1. The van der Waals surface area contributed by atoms with Crippen molar-refractivity contribution in [2.75, 3.05) is 7.11 Å². The number of carbonyl (C=O) groups excluding carboxylic acids is 1. The monoisotopic (exact) mass is 387 g/mol. The highest BCUT2D eigenvalue weighted by molar-refractivity contribution is 6.31. The predicted octanol–water partition coefficient (Wildman–Crippen LogP) is 3.91. The van der Waals surface area contributed by atoms with E-state index in [1.54, 1.807) is 26.0 Å². The van der Waals surface area contributed by atoms with Crippen LogP contribution in [0.5, 0.6) is 11.5 Å². The van der Waals surface area contributed by atoms with E-state index in [1.807, 2.05) is 30.3 Å². The molecule has 0 aliphatic carbocycles. The van der Waals surface area contributed by atoms with Crippen LogP contribution >= 0.6 is 11.6 Å². The highest BCUT2D eigenvalue weighted by Gasteiger charge is 2.42. The summed E-state index contributed by atoms with van der Waals surface area (Å²) in [5.74, 6) is 0.171. The van der Waals surface area contributed by atoms with E-state index in [1.165, 1.54) is 7.11 Å². The van der Waals surface area contributed by atoms with Crippen molar-refractivity contribution in [2.45, 2.75) is 31.8 Å². The Morgan fingerprint density at radius 2 is 1.81 bits per heavy atom. The Morgan fingerprint density at radius 3 is 2.48 bits per heavy atom. The SMILES string of the molecule is COC(=O)[C@H]1N=C(c2ccccc2)O[C@@H]1c1cc2c(cc1Cl)OC(C)(C)O2. The molecule has 7 heteroatoms. The van der Waals surface area contributed by atoms with Crippen molar-refractivity contribution in [3.63, 3.8) is 0 Å². The van der Waals surface area contributed by atoms with Crippen LogP contribution in [-0.2, 0) is 14.3 Å². The van der Waals surface area contributed by atoms with Gasteiger partial charge in [-0.2, -0.15) is 0 Å². The molecule has 0 N–H and O–H groups in total. The average molecular weight is 388 g/mol. The molecule has 2 aliphatic rings. The number of hydrogen-bond donors (Lipinski definition) is 0. The minimum atomic E-state index is -0.865. The molecule has 4 rings (SSSR count). The van der Waals surface area contributed by atoms with Gasteiger partial charge in [-0.25, -0.2) is 9.79 Å². The van der Waals surface area contributed by atoms with Gasteiger partial charge in [-0.3, -0.25) is 0 Å². The second-order valence-electron chi connectivity index (χ2n) is 6.73. The first-order valence-corrected chi connectivity index (χ1v) is 8.85.